The molecule has 1 saturated heterocycles. The lowest BCUT2D eigenvalue weighted by molar-refractivity contribution is -0.132. The van der Waals surface area contributed by atoms with E-state index in [9.17, 15) is 4.79 Å². The molecule has 0 bridgehead atoms. The Labute approximate surface area is 123 Å². The van der Waals surface area contributed by atoms with E-state index in [-0.39, 0.29) is 12.5 Å². The number of rotatable bonds is 3. The van der Waals surface area contributed by atoms with E-state index in [1.165, 1.54) is 0 Å². The summed E-state index contributed by atoms with van der Waals surface area (Å²) in [6.07, 6.45) is 3.45. The molecule has 0 atom stereocenters. The third kappa shape index (κ3) is 3.01. The summed E-state index contributed by atoms with van der Waals surface area (Å²) in [6, 6.07) is 5.88. The van der Waals surface area contributed by atoms with Gasteiger partial charge in [-0.05, 0) is 19.1 Å². The lowest BCUT2D eigenvalue weighted by Crippen LogP contribution is -2.50. The number of pyridine rings is 1. The predicted molar refractivity (Wildman–Crippen MR) is 77.8 cm³/mol. The lowest BCUT2D eigenvalue weighted by Gasteiger charge is -2.35. The van der Waals surface area contributed by atoms with Crippen molar-refractivity contribution in [2.45, 2.75) is 13.5 Å². The number of aryl methyl sites for hydroxylation is 1. The van der Waals surface area contributed by atoms with E-state index in [1.807, 2.05) is 30.0 Å². The topological polar surface area (TPSA) is 67.2 Å². The molecule has 3 heterocycles. The molecule has 0 N–H and O–H groups in total. The van der Waals surface area contributed by atoms with Gasteiger partial charge < -0.3 is 9.80 Å². The van der Waals surface area contributed by atoms with Crippen molar-refractivity contribution >= 4 is 11.7 Å². The van der Waals surface area contributed by atoms with Gasteiger partial charge in [0.15, 0.2) is 0 Å². The molecule has 0 saturated carbocycles. The molecule has 7 heteroatoms. The van der Waals surface area contributed by atoms with Gasteiger partial charge in [0.1, 0.15) is 12.4 Å². The molecule has 1 aliphatic rings. The first-order valence-electron chi connectivity index (χ1n) is 7.03. The smallest absolute Gasteiger partial charge is 0.244 e. The Morgan fingerprint density at radius 1 is 1.24 bits per heavy atom. The van der Waals surface area contributed by atoms with Crippen LogP contribution in [0.1, 0.15) is 5.69 Å². The Morgan fingerprint density at radius 3 is 2.67 bits per heavy atom. The molecule has 0 aliphatic carbocycles. The average Bonchev–Trinajstić information content (AvgIpc) is 2.93. The highest BCUT2D eigenvalue weighted by Gasteiger charge is 2.22. The van der Waals surface area contributed by atoms with Crippen LogP contribution >= 0.6 is 0 Å². The number of hydrogen-bond donors (Lipinski definition) is 0. The van der Waals surface area contributed by atoms with Crippen LogP contribution in [-0.2, 0) is 11.3 Å². The first-order valence-corrected chi connectivity index (χ1v) is 7.03. The molecule has 0 unspecified atom stereocenters. The van der Waals surface area contributed by atoms with Crippen molar-refractivity contribution in [1.29, 1.82) is 0 Å². The zero-order valence-electron chi connectivity index (χ0n) is 12.0. The van der Waals surface area contributed by atoms with Gasteiger partial charge in [0.2, 0.25) is 5.91 Å². The van der Waals surface area contributed by atoms with Crippen LogP contribution in [0.25, 0.3) is 0 Å². The Bertz CT molecular complexity index is 603. The molecule has 0 spiro atoms. The van der Waals surface area contributed by atoms with Crippen LogP contribution in [0.3, 0.4) is 0 Å². The minimum Gasteiger partial charge on any atom is -0.353 e. The summed E-state index contributed by atoms with van der Waals surface area (Å²) in [5.74, 6) is 1.06. The van der Waals surface area contributed by atoms with Gasteiger partial charge >= 0.3 is 0 Å². The third-order valence-electron chi connectivity index (χ3n) is 3.70. The highest BCUT2D eigenvalue weighted by molar-refractivity contribution is 5.76. The standard InChI is InChI=1S/C14H18N6O/c1-12-10-16-17-20(12)11-14(21)19-8-6-18(7-9-19)13-4-2-3-5-15-13/h2-5,10H,6-9,11H2,1H3. The molecular formula is C14H18N6O. The highest BCUT2D eigenvalue weighted by atomic mass is 16.2. The van der Waals surface area contributed by atoms with Gasteiger partial charge in [-0.3, -0.25) is 4.79 Å². The number of anilines is 1. The van der Waals surface area contributed by atoms with Gasteiger partial charge in [-0.1, -0.05) is 11.3 Å². The van der Waals surface area contributed by atoms with E-state index in [2.05, 4.69) is 20.2 Å². The minimum atomic E-state index is 0.0873. The number of nitrogens with zero attached hydrogens (tertiary/aromatic N) is 6. The Morgan fingerprint density at radius 2 is 2.05 bits per heavy atom. The zero-order chi connectivity index (χ0) is 14.7. The van der Waals surface area contributed by atoms with Crippen molar-refractivity contribution in [3.05, 3.63) is 36.3 Å². The fourth-order valence-corrected chi connectivity index (χ4v) is 2.42. The van der Waals surface area contributed by atoms with Gasteiger partial charge in [-0.15, -0.1) is 5.10 Å². The van der Waals surface area contributed by atoms with Crippen molar-refractivity contribution < 1.29 is 4.79 Å². The van der Waals surface area contributed by atoms with Crippen molar-refractivity contribution in [2.24, 2.45) is 0 Å². The second-order valence-electron chi connectivity index (χ2n) is 5.09. The number of carbonyl (C=O) groups is 1. The fourth-order valence-electron chi connectivity index (χ4n) is 2.42. The molecule has 21 heavy (non-hydrogen) atoms. The zero-order valence-corrected chi connectivity index (χ0v) is 12.0. The molecule has 0 radical (unpaired) electrons. The minimum absolute atomic E-state index is 0.0873. The summed E-state index contributed by atoms with van der Waals surface area (Å²) in [4.78, 5) is 20.7. The molecule has 7 nitrogen and oxygen atoms in total. The van der Waals surface area contributed by atoms with Crippen LogP contribution in [-0.4, -0.2) is 57.0 Å². The monoisotopic (exact) mass is 286 g/mol. The van der Waals surface area contributed by atoms with Crippen molar-refractivity contribution in [2.75, 3.05) is 31.1 Å². The van der Waals surface area contributed by atoms with Crippen molar-refractivity contribution in [3.63, 3.8) is 0 Å². The van der Waals surface area contributed by atoms with Crippen LogP contribution in [0.15, 0.2) is 30.6 Å². The normalized spacial score (nSPS) is 15.3. The molecular weight excluding hydrogens is 268 g/mol. The van der Waals surface area contributed by atoms with Crippen LogP contribution in [0.2, 0.25) is 0 Å². The summed E-state index contributed by atoms with van der Waals surface area (Å²) in [5.41, 5.74) is 0.899. The lowest BCUT2D eigenvalue weighted by atomic mass is 10.3. The van der Waals surface area contributed by atoms with Crippen LogP contribution in [0, 0.1) is 6.92 Å². The van der Waals surface area contributed by atoms with E-state index in [4.69, 9.17) is 0 Å². The molecule has 1 aliphatic heterocycles. The number of aromatic nitrogens is 4. The summed E-state index contributed by atoms with van der Waals surface area (Å²) in [7, 11) is 0. The summed E-state index contributed by atoms with van der Waals surface area (Å²) >= 11 is 0. The maximum atomic E-state index is 12.3. The third-order valence-corrected chi connectivity index (χ3v) is 3.70. The van der Waals surface area contributed by atoms with Crippen LogP contribution < -0.4 is 4.90 Å². The van der Waals surface area contributed by atoms with Crippen LogP contribution in [0.4, 0.5) is 5.82 Å². The second kappa shape index (κ2) is 5.90. The van der Waals surface area contributed by atoms with E-state index in [1.54, 1.807) is 17.1 Å². The average molecular weight is 286 g/mol. The van der Waals surface area contributed by atoms with Gasteiger partial charge in [0.05, 0.1) is 11.9 Å². The highest BCUT2D eigenvalue weighted by Crippen LogP contribution is 2.12. The Kier molecular flexibility index (Phi) is 3.81. The molecule has 0 aromatic carbocycles. The van der Waals surface area contributed by atoms with E-state index < -0.39 is 0 Å². The maximum absolute atomic E-state index is 12.3. The molecule has 110 valence electrons. The maximum Gasteiger partial charge on any atom is 0.244 e. The molecule has 1 amide bonds. The van der Waals surface area contributed by atoms with Gasteiger partial charge in [-0.25, -0.2) is 9.67 Å². The SMILES string of the molecule is Cc1cnnn1CC(=O)N1CCN(c2ccccn2)CC1. The number of carbonyl (C=O) groups excluding carboxylic acids is 1. The summed E-state index contributed by atoms with van der Waals surface area (Å²) < 4.78 is 1.63. The second-order valence-corrected chi connectivity index (χ2v) is 5.09. The first-order chi connectivity index (χ1) is 10.2. The molecule has 2 aromatic rings. The predicted octanol–water partition coefficient (Wildman–Crippen LogP) is 0.330. The molecule has 2 aromatic heterocycles. The molecule has 1 fully saturated rings. The van der Waals surface area contributed by atoms with E-state index in [0.717, 1.165) is 24.6 Å². The number of hydrogen-bond acceptors (Lipinski definition) is 5. The quantitative estimate of drug-likeness (QED) is 0.813. The summed E-state index contributed by atoms with van der Waals surface area (Å²) in [5, 5.41) is 7.71. The Hall–Kier alpha value is -2.44. The van der Waals surface area contributed by atoms with Gasteiger partial charge in [0, 0.05) is 32.4 Å². The first kappa shape index (κ1) is 13.5. The molecule has 3 rings (SSSR count). The summed E-state index contributed by atoms with van der Waals surface area (Å²) in [6.45, 7) is 5.19. The van der Waals surface area contributed by atoms with Crippen molar-refractivity contribution in [1.82, 2.24) is 24.9 Å². The Balaban J connectivity index is 1.56. The van der Waals surface area contributed by atoms with Crippen molar-refractivity contribution in [3.8, 4) is 0 Å². The fraction of sp³-hybridized carbons (Fsp3) is 0.429. The van der Waals surface area contributed by atoms with E-state index in [0.29, 0.717) is 13.1 Å². The van der Waals surface area contributed by atoms with E-state index >= 15 is 0 Å². The van der Waals surface area contributed by atoms with Crippen LogP contribution in [0.5, 0.6) is 0 Å². The largest absolute Gasteiger partial charge is 0.353 e. The number of piperazine rings is 1. The van der Waals surface area contributed by atoms with Gasteiger partial charge in [0.25, 0.3) is 0 Å². The van der Waals surface area contributed by atoms with Gasteiger partial charge in [-0.2, -0.15) is 0 Å². The number of amides is 1.